The van der Waals surface area contributed by atoms with Crippen LogP contribution >= 0.6 is 0 Å². The fourth-order valence-corrected chi connectivity index (χ4v) is 2.05. The minimum Gasteiger partial charge on any atom is -0.497 e. The second-order valence-corrected chi connectivity index (χ2v) is 4.13. The SMILES string of the molecule is COc1ccc(C[N+]C2CCCC2)cc1. The minimum absolute atomic E-state index is 0.618. The van der Waals surface area contributed by atoms with Gasteiger partial charge in [-0.25, -0.2) is 0 Å². The Bertz CT molecular complexity index is 288. The predicted molar refractivity (Wildman–Crippen MR) is 61.1 cm³/mol. The molecular formula is C13H18NO+. The highest BCUT2D eigenvalue weighted by Crippen LogP contribution is 2.19. The Hall–Kier alpha value is -1.02. The Morgan fingerprint density at radius 2 is 1.87 bits per heavy atom. The molecule has 0 saturated heterocycles. The van der Waals surface area contributed by atoms with E-state index in [1.165, 1.54) is 31.2 Å². The van der Waals surface area contributed by atoms with Gasteiger partial charge in [0.15, 0.2) is 6.04 Å². The van der Waals surface area contributed by atoms with Crippen LogP contribution in [-0.2, 0) is 6.54 Å². The van der Waals surface area contributed by atoms with Gasteiger partial charge in [0.2, 0.25) is 6.54 Å². The molecule has 1 fully saturated rings. The van der Waals surface area contributed by atoms with Crippen LogP contribution in [0.3, 0.4) is 0 Å². The van der Waals surface area contributed by atoms with Crippen molar-refractivity contribution < 1.29 is 4.74 Å². The molecule has 1 aromatic rings. The molecule has 1 aliphatic rings. The van der Waals surface area contributed by atoms with E-state index in [9.17, 15) is 0 Å². The number of benzene rings is 1. The highest BCUT2D eigenvalue weighted by molar-refractivity contribution is 5.27. The van der Waals surface area contributed by atoms with Gasteiger partial charge in [0.1, 0.15) is 5.75 Å². The molecule has 15 heavy (non-hydrogen) atoms. The first-order chi connectivity index (χ1) is 7.38. The van der Waals surface area contributed by atoms with Crippen molar-refractivity contribution in [2.75, 3.05) is 7.11 Å². The molecule has 1 aromatic carbocycles. The summed E-state index contributed by atoms with van der Waals surface area (Å²) in [4.78, 5) is 0. The van der Waals surface area contributed by atoms with E-state index >= 15 is 0 Å². The standard InChI is InChI=1S/C13H18NO/c1-15-13-8-6-11(7-9-13)10-14-12-4-2-3-5-12/h6-9,12H,2-5,10H2,1H3/q+1. The van der Waals surface area contributed by atoms with Crippen LogP contribution in [0.25, 0.3) is 0 Å². The lowest BCUT2D eigenvalue weighted by atomic mass is 10.2. The summed E-state index contributed by atoms with van der Waals surface area (Å²) in [6.07, 6.45) is 5.29. The van der Waals surface area contributed by atoms with E-state index in [1.807, 2.05) is 12.1 Å². The van der Waals surface area contributed by atoms with Gasteiger partial charge in [-0.05, 0) is 37.1 Å². The third kappa shape index (κ3) is 2.96. The third-order valence-corrected chi connectivity index (χ3v) is 3.02. The zero-order chi connectivity index (χ0) is 10.5. The lowest BCUT2D eigenvalue weighted by Crippen LogP contribution is -2.17. The van der Waals surface area contributed by atoms with Crippen LogP contribution < -0.4 is 10.1 Å². The first-order valence-electron chi connectivity index (χ1n) is 5.68. The van der Waals surface area contributed by atoms with Gasteiger partial charge in [-0.15, -0.1) is 0 Å². The first kappa shape index (κ1) is 10.5. The fourth-order valence-electron chi connectivity index (χ4n) is 2.05. The van der Waals surface area contributed by atoms with Crippen molar-refractivity contribution in [3.8, 4) is 5.75 Å². The van der Waals surface area contributed by atoms with Crippen LogP contribution in [0.15, 0.2) is 24.3 Å². The van der Waals surface area contributed by atoms with Gasteiger partial charge in [0, 0.05) is 18.4 Å². The number of hydrogen-bond donors (Lipinski definition) is 0. The zero-order valence-electron chi connectivity index (χ0n) is 9.28. The molecule has 2 heteroatoms. The second-order valence-electron chi connectivity index (χ2n) is 4.13. The largest absolute Gasteiger partial charge is 0.497 e. The summed E-state index contributed by atoms with van der Waals surface area (Å²) in [7, 11) is 1.69. The maximum absolute atomic E-state index is 5.12. The Morgan fingerprint density at radius 1 is 1.20 bits per heavy atom. The van der Waals surface area contributed by atoms with E-state index in [0.717, 1.165) is 12.3 Å². The second kappa shape index (κ2) is 5.17. The molecule has 0 aliphatic heterocycles. The van der Waals surface area contributed by atoms with Gasteiger partial charge in [-0.2, -0.15) is 0 Å². The predicted octanol–water partition coefficient (Wildman–Crippen LogP) is 2.74. The Balaban J connectivity index is 1.82. The normalized spacial score (nSPS) is 16.9. The molecule has 1 saturated carbocycles. The van der Waals surface area contributed by atoms with Crippen LogP contribution in [0.5, 0.6) is 5.75 Å². The van der Waals surface area contributed by atoms with Crippen LogP contribution in [-0.4, -0.2) is 13.2 Å². The van der Waals surface area contributed by atoms with Gasteiger partial charge in [-0.3, -0.25) is 0 Å². The average molecular weight is 204 g/mol. The maximum atomic E-state index is 5.12. The van der Waals surface area contributed by atoms with Crippen LogP contribution in [0.1, 0.15) is 31.2 Å². The maximum Gasteiger partial charge on any atom is 0.209 e. The van der Waals surface area contributed by atoms with Crippen molar-refractivity contribution in [2.24, 2.45) is 0 Å². The summed E-state index contributed by atoms with van der Waals surface area (Å²) in [5.74, 6) is 0.916. The molecule has 0 atom stereocenters. The number of nitrogens with zero attached hydrogens (tertiary/aromatic N) is 1. The van der Waals surface area contributed by atoms with Crippen molar-refractivity contribution in [3.05, 3.63) is 29.8 Å². The molecular weight excluding hydrogens is 186 g/mol. The van der Waals surface area contributed by atoms with Crippen molar-refractivity contribution in [3.63, 3.8) is 0 Å². The summed E-state index contributed by atoms with van der Waals surface area (Å²) >= 11 is 0. The van der Waals surface area contributed by atoms with Crippen LogP contribution in [0.4, 0.5) is 0 Å². The van der Waals surface area contributed by atoms with E-state index in [-0.39, 0.29) is 0 Å². The third-order valence-electron chi connectivity index (χ3n) is 3.02. The van der Waals surface area contributed by atoms with Gasteiger partial charge in [-0.1, -0.05) is 0 Å². The smallest absolute Gasteiger partial charge is 0.209 e. The Kier molecular flexibility index (Phi) is 3.62. The number of hydrogen-bond acceptors (Lipinski definition) is 1. The van der Waals surface area contributed by atoms with Crippen molar-refractivity contribution >= 4 is 0 Å². The van der Waals surface area contributed by atoms with Gasteiger partial charge >= 0.3 is 0 Å². The quantitative estimate of drug-likeness (QED) is 0.739. The molecule has 0 spiro atoms. The van der Waals surface area contributed by atoms with Crippen LogP contribution in [0.2, 0.25) is 0 Å². The van der Waals surface area contributed by atoms with Gasteiger partial charge in [0.25, 0.3) is 0 Å². The molecule has 2 radical (unpaired) electrons. The minimum atomic E-state index is 0.618. The van der Waals surface area contributed by atoms with E-state index in [1.54, 1.807) is 7.11 Å². The summed E-state index contributed by atoms with van der Waals surface area (Å²) < 4.78 is 5.12. The Labute approximate surface area is 91.6 Å². The number of methoxy groups -OCH3 is 1. The van der Waals surface area contributed by atoms with E-state index in [4.69, 9.17) is 10.1 Å². The first-order valence-corrected chi connectivity index (χ1v) is 5.68. The molecule has 0 amide bonds. The summed E-state index contributed by atoms with van der Waals surface area (Å²) in [6.45, 7) is 0.856. The number of ether oxygens (including phenoxy) is 1. The molecule has 0 bridgehead atoms. The van der Waals surface area contributed by atoms with Crippen molar-refractivity contribution in [1.82, 2.24) is 5.32 Å². The zero-order valence-corrected chi connectivity index (χ0v) is 9.28. The molecule has 1 aliphatic carbocycles. The lowest BCUT2D eigenvalue weighted by molar-refractivity contribution is 0.414. The monoisotopic (exact) mass is 204 g/mol. The van der Waals surface area contributed by atoms with Crippen LogP contribution in [0, 0.1) is 0 Å². The van der Waals surface area contributed by atoms with Crippen molar-refractivity contribution in [2.45, 2.75) is 38.3 Å². The van der Waals surface area contributed by atoms with Gasteiger partial charge < -0.3 is 4.74 Å². The molecule has 80 valence electrons. The molecule has 0 aromatic heterocycles. The molecule has 0 heterocycles. The van der Waals surface area contributed by atoms with E-state index < -0.39 is 0 Å². The highest BCUT2D eigenvalue weighted by Gasteiger charge is 2.25. The van der Waals surface area contributed by atoms with E-state index in [2.05, 4.69) is 12.1 Å². The summed E-state index contributed by atoms with van der Waals surface area (Å²) in [5, 5.41) is 4.71. The molecule has 2 nitrogen and oxygen atoms in total. The number of rotatable bonds is 4. The van der Waals surface area contributed by atoms with Gasteiger partial charge in [0.05, 0.1) is 12.4 Å². The average Bonchev–Trinajstić information content (AvgIpc) is 2.80. The van der Waals surface area contributed by atoms with E-state index in [0.29, 0.717) is 6.04 Å². The summed E-state index contributed by atoms with van der Waals surface area (Å²) in [5.41, 5.74) is 1.28. The topological polar surface area (TPSA) is 23.3 Å². The molecule has 0 N–H and O–H groups in total. The highest BCUT2D eigenvalue weighted by atomic mass is 16.5. The molecule has 0 unspecified atom stereocenters. The summed E-state index contributed by atoms with van der Waals surface area (Å²) in [6, 6.07) is 8.81. The lowest BCUT2D eigenvalue weighted by Gasteiger charge is -1.99. The molecule has 2 rings (SSSR count). The fraction of sp³-hybridized carbons (Fsp3) is 0.538. The Morgan fingerprint density at radius 3 is 2.47 bits per heavy atom. The van der Waals surface area contributed by atoms with Crippen molar-refractivity contribution in [1.29, 1.82) is 0 Å².